The summed E-state index contributed by atoms with van der Waals surface area (Å²) >= 11 is 0. The van der Waals surface area contributed by atoms with Gasteiger partial charge in [0.25, 0.3) is 0 Å². The summed E-state index contributed by atoms with van der Waals surface area (Å²) in [4.78, 5) is 0. The van der Waals surface area contributed by atoms with Crippen LogP contribution in [0.3, 0.4) is 0 Å². The zero-order valence-corrected chi connectivity index (χ0v) is 11.3. The molecular formula is C15H27N. The highest BCUT2D eigenvalue weighted by atomic mass is 14.6. The van der Waals surface area contributed by atoms with E-state index >= 15 is 0 Å². The Kier molecular flexibility index (Phi) is 4.23. The lowest BCUT2D eigenvalue weighted by Crippen LogP contribution is -2.16. The Balaban J connectivity index is 2.26. The Hall–Kier alpha value is -0.720. The van der Waals surface area contributed by atoms with Crippen molar-refractivity contribution < 1.29 is 0 Å². The number of nitrogens with two attached hydrogens (primary N) is 1. The van der Waals surface area contributed by atoms with E-state index in [0.29, 0.717) is 10.8 Å². The van der Waals surface area contributed by atoms with E-state index < -0.39 is 0 Å². The van der Waals surface area contributed by atoms with Gasteiger partial charge in [0.15, 0.2) is 0 Å². The Labute approximate surface area is 101 Å². The van der Waals surface area contributed by atoms with Crippen LogP contribution in [0, 0.1) is 10.8 Å². The molecule has 0 aromatic carbocycles. The van der Waals surface area contributed by atoms with Crippen LogP contribution in [0.1, 0.15) is 59.8 Å². The third-order valence-corrected chi connectivity index (χ3v) is 3.41. The minimum Gasteiger partial charge on any atom is -0.399 e. The molecule has 0 heterocycles. The molecule has 1 aliphatic rings. The van der Waals surface area contributed by atoms with Gasteiger partial charge in [-0.1, -0.05) is 52.7 Å². The van der Waals surface area contributed by atoms with Crippen LogP contribution in [0.25, 0.3) is 0 Å². The van der Waals surface area contributed by atoms with Crippen molar-refractivity contribution in [3.63, 3.8) is 0 Å². The zero-order chi connectivity index (χ0) is 12.2. The summed E-state index contributed by atoms with van der Waals surface area (Å²) in [5.41, 5.74) is 7.49. The molecule has 1 aliphatic carbocycles. The first-order chi connectivity index (χ1) is 7.31. The Bertz CT molecular complexity index is 280. The number of rotatable bonds is 4. The third kappa shape index (κ3) is 4.87. The van der Waals surface area contributed by atoms with Crippen LogP contribution in [0.4, 0.5) is 0 Å². The maximum Gasteiger partial charge on any atom is 0.0270 e. The van der Waals surface area contributed by atoms with Crippen LogP contribution in [0.2, 0.25) is 0 Å². The van der Waals surface area contributed by atoms with Crippen molar-refractivity contribution in [2.75, 3.05) is 0 Å². The van der Waals surface area contributed by atoms with Gasteiger partial charge in [0.05, 0.1) is 0 Å². The highest BCUT2D eigenvalue weighted by Gasteiger charge is 2.21. The summed E-state index contributed by atoms with van der Waals surface area (Å²) in [6, 6.07) is 0. The molecule has 0 saturated carbocycles. The van der Waals surface area contributed by atoms with E-state index in [1.807, 2.05) is 0 Å². The molecule has 16 heavy (non-hydrogen) atoms. The van der Waals surface area contributed by atoms with Crippen LogP contribution in [0.5, 0.6) is 0 Å². The molecule has 1 rings (SSSR count). The first-order valence-corrected chi connectivity index (χ1v) is 6.46. The molecular weight excluding hydrogens is 194 g/mol. The second kappa shape index (κ2) is 5.07. The van der Waals surface area contributed by atoms with E-state index in [9.17, 15) is 0 Å². The molecule has 0 fully saturated rings. The average Bonchev–Trinajstić information content (AvgIpc) is 2.17. The predicted octanol–water partition coefficient (Wildman–Crippen LogP) is 4.40. The molecule has 1 heteroatoms. The van der Waals surface area contributed by atoms with Gasteiger partial charge in [-0.3, -0.25) is 0 Å². The maximum atomic E-state index is 5.74. The second-order valence-electron chi connectivity index (χ2n) is 6.66. The van der Waals surface area contributed by atoms with E-state index in [2.05, 4.69) is 45.9 Å². The summed E-state index contributed by atoms with van der Waals surface area (Å²) in [6.45, 7) is 9.29. The van der Waals surface area contributed by atoms with Gasteiger partial charge in [-0.2, -0.15) is 0 Å². The highest BCUT2D eigenvalue weighted by Crippen LogP contribution is 2.34. The van der Waals surface area contributed by atoms with Gasteiger partial charge in [0, 0.05) is 5.70 Å². The summed E-state index contributed by atoms with van der Waals surface area (Å²) < 4.78 is 0. The number of hydrogen-bond acceptors (Lipinski definition) is 1. The van der Waals surface area contributed by atoms with Crippen LogP contribution >= 0.6 is 0 Å². The van der Waals surface area contributed by atoms with Crippen molar-refractivity contribution in [3.05, 3.63) is 23.9 Å². The fourth-order valence-corrected chi connectivity index (χ4v) is 2.15. The topological polar surface area (TPSA) is 26.0 Å². The van der Waals surface area contributed by atoms with E-state index in [1.54, 1.807) is 0 Å². The zero-order valence-electron chi connectivity index (χ0n) is 11.3. The fraction of sp³-hybridized carbons (Fsp3) is 0.733. The largest absolute Gasteiger partial charge is 0.399 e. The van der Waals surface area contributed by atoms with Gasteiger partial charge in [-0.25, -0.2) is 0 Å². The quantitative estimate of drug-likeness (QED) is 0.699. The molecule has 0 aromatic heterocycles. The standard InChI is InChI=1S/C15H27N/c1-14(2,3)9-5-6-10-15(4)11-7-13(16)8-12-15/h7-8,11H,5-6,9-10,12,16H2,1-4H3. The smallest absolute Gasteiger partial charge is 0.0270 e. The first kappa shape index (κ1) is 13.3. The Morgan fingerprint density at radius 1 is 1.31 bits per heavy atom. The molecule has 92 valence electrons. The average molecular weight is 221 g/mol. The van der Waals surface area contributed by atoms with Gasteiger partial charge in [-0.05, 0) is 36.2 Å². The minimum atomic E-state index is 0.348. The van der Waals surface area contributed by atoms with Crippen molar-refractivity contribution in [2.24, 2.45) is 16.6 Å². The molecule has 0 radical (unpaired) electrons. The van der Waals surface area contributed by atoms with Crippen LogP contribution < -0.4 is 5.73 Å². The molecule has 0 aromatic rings. The first-order valence-electron chi connectivity index (χ1n) is 6.46. The molecule has 0 amide bonds. The lowest BCUT2D eigenvalue weighted by molar-refractivity contribution is 0.324. The summed E-state index contributed by atoms with van der Waals surface area (Å²) in [7, 11) is 0. The number of unbranched alkanes of at least 4 members (excludes halogenated alkanes) is 1. The maximum absolute atomic E-state index is 5.74. The van der Waals surface area contributed by atoms with Gasteiger partial charge < -0.3 is 5.73 Å². The van der Waals surface area contributed by atoms with Crippen LogP contribution in [-0.4, -0.2) is 0 Å². The van der Waals surface area contributed by atoms with Crippen LogP contribution in [-0.2, 0) is 0 Å². The second-order valence-corrected chi connectivity index (χ2v) is 6.66. The summed E-state index contributed by atoms with van der Waals surface area (Å²) in [6.07, 6.45) is 12.9. The molecule has 2 N–H and O–H groups in total. The van der Waals surface area contributed by atoms with Crippen molar-refractivity contribution in [2.45, 2.75) is 59.8 Å². The Morgan fingerprint density at radius 3 is 2.50 bits per heavy atom. The van der Waals surface area contributed by atoms with E-state index in [4.69, 9.17) is 5.73 Å². The predicted molar refractivity (Wildman–Crippen MR) is 72.1 cm³/mol. The van der Waals surface area contributed by atoms with E-state index in [-0.39, 0.29) is 0 Å². The van der Waals surface area contributed by atoms with Crippen molar-refractivity contribution in [1.29, 1.82) is 0 Å². The molecule has 1 unspecified atom stereocenters. The van der Waals surface area contributed by atoms with E-state index in [1.165, 1.54) is 25.7 Å². The number of allylic oxidation sites excluding steroid dienone is 3. The van der Waals surface area contributed by atoms with Gasteiger partial charge >= 0.3 is 0 Å². The molecule has 0 spiro atoms. The van der Waals surface area contributed by atoms with E-state index in [0.717, 1.165) is 12.1 Å². The molecule has 0 saturated heterocycles. The van der Waals surface area contributed by atoms with Crippen molar-refractivity contribution >= 4 is 0 Å². The molecule has 1 atom stereocenters. The normalized spacial score (nSPS) is 25.6. The summed E-state index contributed by atoms with van der Waals surface area (Å²) in [5, 5.41) is 0. The lowest BCUT2D eigenvalue weighted by atomic mass is 9.78. The fourth-order valence-electron chi connectivity index (χ4n) is 2.15. The number of hydrogen-bond donors (Lipinski definition) is 1. The van der Waals surface area contributed by atoms with Crippen molar-refractivity contribution in [3.8, 4) is 0 Å². The molecule has 1 nitrogen and oxygen atoms in total. The molecule has 0 aliphatic heterocycles. The van der Waals surface area contributed by atoms with Gasteiger partial charge in [0.1, 0.15) is 0 Å². The van der Waals surface area contributed by atoms with Crippen molar-refractivity contribution in [1.82, 2.24) is 0 Å². The SMILES string of the molecule is CC(C)(C)CCCCC1(C)C=CC(N)=CC1. The van der Waals surface area contributed by atoms with Gasteiger partial charge in [0.2, 0.25) is 0 Å². The minimum absolute atomic E-state index is 0.348. The highest BCUT2D eigenvalue weighted by molar-refractivity contribution is 5.23. The summed E-state index contributed by atoms with van der Waals surface area (Å²) in [5.74, 6) is 0. The van der Waals surface area contributed by atoms with Crippen LogP contribution in [0.15, 0.2) is 23.9 Å². The monoisotopic (exact) mass is 221 g/mol. The Morgan fingerprint density at radius 2 is 2.00 bits per heavy atom. The third-order valence-electron chi connectivity index (χ3n) is 3.41. The van der Waals surface area contributed by atoms with Gasteiger partial charge in [-0.15, -0.1) is 0 Å². The molecule has 0 bridgehead atoms. The lowest BCUT2D eigenvalue weighted by Gasteiger charge is -2.28.